The number of carbonyl (C=O) groups excluding carboxylic acids is 1. The number of pyridine rings is 1. The average Bonchev–Trinajstić information content (AvgIpc) is 2.78. The van der Waals surface area contributed by atoms with Gasteiger partial charge in [0.25, 0.3) is 0 Å². The number of hydrogen-bond donors (Lipinski definition) is 2. The number of benzene rings is 2. The second-order valence-electron chi connectivity index (χ2n) is 7.22. The fourth-order valence-corrected chi connectivity index (χ4v) is 4.69. The van der Waals surface area contributed by atoms with Gasteiger partial charge in [-0.05, 0) is 61.6 Å². The van der Waals surface area contributed by atoms with Crippen LogP contribution in [0, 0.1) is 0 Å². The predicted molar refractivity (Wildman–Crippen MR) is 130 cm³/mol. The summed E-state index contributed by atoms with van der Waals surface area (Å²) in [4.78, 5) is 20.5. The summed E-state index contributed by atoms with van der Waals surface area (Å²) in [5.74, 6) is 0. The summed E-state index contributed by atoms with van der Waals surface area (Å²) >= 11 is 12.4. The Balaban J connectivity index is 1.40. The summed E-state index contributed by atoms with van der Waals surface area (Å²) in [6.07, 6.45) is 5.52. The molecule has 2 amide bonds. The minimum atomic E-state index is -0.198. The molecular formula is C22H23ClN4OS2. The molecule has 1 N–H and O–H groups in total. The quantitative estimate of drug-likeness (QED) is 0.374. The first kappa shape index (κ1) is 21.2. The van der Waals surface area contributed by atoms with Crippen molar-refractivity contribution in [2.24, 2.45) is 0 Å². The van der Waals surface area contributed by atoms with Gasteiger partial charge in [0.15, 0.2) is 0 Å². The van der Waals surface area contributed by atoms with Crippen LogP contribution >= 0.6 is 36.2 Å². The number of hydrogen-bond acceptors (Lipinski definition) is 5. The van der Waals surface area contributed by atoms with E-state index in [-0.39, 0.29) is 12.1 Å². The van der Waals surface area contributed by atoms with Crippen molar-refractivity contribution in [3.05, 3.63) is 59.8 Å². The number of piperidine rings is 1. The molecule has 0 spiro atoms. The van der Waals surface area contributed by atoms with E-state index in [0.717, 1.165) is 53.1 Å². The van der Waals surface area contributed by atoms with Crippen molar-refractivity contribution < 1.29 is 4.79 Å². The summed E-state index contributed by atoms with van der Waals surface area (Å²) in [7, 11) is 0. The van der Waals surface area contributed by atoms with Crippen LogP contribution in [0.4, 0.5) is 16.2 Å². The Morgan fingerprint density at radius 2 is 2.03 bits per heavy atom. The standard InChI is InChI=1S/C22H23ClN4OS2/c1-30-18-4-2-3-16(14-18)25-22(28)27(29)17-8-11-26(12-9-17)21-7-10-24-20-6-5-15(23)13-19(20)21/h2-7,10,13-14,17,29H,8-9,11-12H2,1H3,(H,25,28). The molecular weight excluding hydrogens is 436 g/mol. The molecule has 1 aromatic heterocycles. The molecule has 0 unspecified atom stereocenters. The highest BCUT2D eigenvalue weighted by Crippen LogP contribution is 2.31. The lowest BCUT2D eigenvalue weighted by atomic mass is 10.0. The third-order valence-corrected chi connectivity index (χ3v) is 6.83. The Kier molecular flexibility index (Phi) is 6.61. The molecule has 2 aromatic carbocycles. The second-order valence-corrected chi connectivity index (χ2v) is 8.96. The van der Waals surface area contributed by atoms with Gasteiger partial charge in [0.2, 0.25) is 0 Å². The molecule has 1 fully saturated rings. The van der Waals surface area contributed by atoms with Crippen LogP contribution in [0.25, 0.3) is 10.9 Å². The Morgan fingerprint density at radius 1 is 1.23 bits per heavy atom. The molecule has 3 aromatic rings. The summed E-state index contributed by atoms with van der Waals surface area (Å²) in [5, 5.41) is 4.71. The number of thioether (sulfide) groups is 1. The van der Waals surface area contributed by atoms with Gasteiger partial charge in [-0.15, -0.1) is 11.8 Å². The lowest BCUT2D eigenvalue weighted by molar-refractivity contribution is 0.223. The first-order valence-corrected chi connectivity index (χ1v) is 11.8. The van der Waals surface area contributed by atoms with Gasteiger partial charge in [-0.2, -0.15) is 0 Å². The molecule has 2 heterocycles. The molecule has 0 atom stereocenters. The minimum Gasteiger partial charge on any atom is -0.371 e. The van der Waals surface area contributed by atoms with Crippen molar-refractivity contribution in [3.8, 4) is 0 Å². The zero-order valence-electron chi connectivity index (χ0n) is 16.6. The molecule has 0 radical (unpaired) electrons. The van der Waals surface area contributed by atoms with Gasteiger partial charge in [0, 0.05) is 52.0 Å². The van der Waals surface area contributed by atoms with E-state index in [1.165, 1.54) is 4.31 Å². The highest BCUT2D eigenvalue weighted by molar-refractivity contribution is 7.98. The van der Waals surface area contributed by atoms with E-state index in [1.54, 1.807) is 11.8 Å². The summed E-state index contributed by atoms with van der Waals surface area (Å²) in [6, 6.07) is 15.5. The van der Waals surface area contributed by atoms with Crippen LogP contribution in [0.1, 0.15) is 12.8 Å². The summed E-state index contributed by atoms with van der Waals surface area (Å²) < 4.78 is 1.53. The van der Waals surface area contributed by atoms with E-state index in [0.29, 0.717) is 5.02 Å². The predicted octanol–water partition coefficient (Wildman–Crippen LogP) is 5.96. The molecule has 0 aliphatic carbocycles. The van der Waals surface area contributed by atoms with E-state index >= 15 is 0 Å². The molecule has 30 heavy (non-hydrogen) atoms. The van der Waals surface area contributed by atoms with Crippen LogP contribution in [0.15, 0.2) is 59.6 Å². The van der Waals surface area contributed by atoms with Gasteiger partial charge in [-0.3, -0.25) is 9.29 Å². The number of carbonyl (C=O) groups is 1. The molecule has 5 nitrogen and oxygen atoms in total. The van der Waals surface area contributed by atoms with Gasteiger partial charge in [-0.25, -0.2) is 4.79 Å². The van der Waals surface area contributed by atoms with E-state index in [1.807, 2.05) is 61.0 Å². The number of nitrogens with one attached hydrogen (secondary N) is 1. The van der Waals surface area contributed by atoms with E-state index < -0.39 is 0 Å². The maximum Gasteiger partial charge on any atom is 0.331 e. The van der Waals surface area contributed by atoms with Crippen molar-refractivity contribution in [1.29, 1.82) is 0 Å². The average molecular weight is 459 g/mol. The zero-order chi connectivity index (χ0) is 21.1. The van der Waals surface area contributed by atoms with Gasteiger partial charge in [0.05, 0.1) is 5.52 Å². The Hall–Kier alpha value is -2.09. The number of fused-ring (bicyclic) bond motifs is 1. The van der Waals surface area contributed by atoms with Crippen molar-refractivity contribution in [1.82, 2.24) is 9.29 Å². The van der Waals surface area contributed by atoms with Gasteiger partial charge < -0.3 is 10.2 Å². The van der Waals surface area contributed by atoms with Crippen LogP contribution < -0.4 is 10.2 Å². The van der Waals surface area contributed by atoms with Gasteiger partial charge in [-0.1, -0.05) is 30.5 Å². The Labute approximate surface area is 191 Å². The maximum absolute atomic E-state index is 12.7. The lowest BCUT2D eigenvalue weighted by Gasteiger charge is -2.37. The topological polar surface area (TPSA) is 48.5 Å². The number of nitrogens with zero attached hydrogens (tertiary/aromatic N) is 3. The van der Waals surface area contributed by atoms with Crippen molar-refractivity contribution in [2.75, 3.05) is 29.6 Å². The summed E-state index contributed by atoms with van der Waals surface area (Å²) in [6.45, 7) is 1.67. The van der Waals surface area contributed by atoms with Crippen LogP contribution in [0.3, 0.4) is 0 Å². The second kappa shape index (κ2) is 9.37. The smallest absolute Gasteiger partial charge is 0.331 e. The Bertz CT molecular complexity index is 1060. The molecule has 0 saturated carbocycles. The van der Waals surface area contributed by atoms with Crippen molar-refractivity contribution in [3.63, 3.8) is 0 Å². The summed E-state index contributed by atoms with van der Waals surface area (Å²) in [5.41, 5.74) is 2.84. The van der Waals surface area contributed by atoms with Crippen molar-refractivity contribution in [2.45, 2.75) is 23.8 Å². The van der Waals surface area contributed by atoms with Crippen LogP contribution in [0.2, 0.25) is 5.02 Å². The number of anilines is 2. The molecule has 1 aliphatic rings. The molecule has 4 rings (SSSR count). The van der Waals surface area contributed by atoms with E-state index in [2.05, 4.69) is 28.0 Å². The first-order valence-electron chi connectivity index (χ1n) is 9.77. The fraction of sp³-hybridized carbons (Fsp3) is 0.273. The number of thiol groups is 1. The number of amides is 2. The fourth-order valence-electron chi connectivity index (χ4n) is 3.78. The minimum absolute atomic E-state index is 0.0741. The maximum atomic E-state index is 12.7. The van der Waals surface area contributed by atoms with Crippen LogP contribution in [-0.4, -0.2) is 40.7 Å². The highest BCUT2D eigenvalue weighted by Gasteiger charge is 2.27. The molecule has 156 valence electrons. The van der Waals surface area contributed by atoms with Gasteiger partial charge in [0.1, 0.15) is 0 Å². The third-order valence-electron chi connectivity index (χ3n) is 5.36. The SMILES string of the molecule is CSc1cccc(NC(=O)N(S)C2CCN(c3ccnc4ccc(Cl)cc34)CC2)c1. The highest BCUT2D eigenvalue weighted by atomic mass is 35.5. The normalized spacial score (nSPS) is 14.7. The molecule has 0 bridgehead atoms. The molecule has 8 heteroatoms. The monoisotopic (exact) mass is 458 g/mol. The van der Waals surface area contributed by atoms with E-state index in [9.17, 15) is 4.79 Å². The number of urea groups is 1. The molecule has 1 saturated heterocycles. The van der Waals surface area contributed by atoms with Crippen molar-refractivity contribution >= 4 is 64.5 Å². The van der Waals surface area contributed by atoms with Crippen LogP contribution in [0.5, 0.6) is 0 Å². The Morgan fingerprint density at radius 3 is 2.80 bits per heavy atom. The van der Waals surface area contributed by atoms with E-state index in [4.69, 9.17) is 11.6 Å². The third kappa shape index (κ3) is 4.63. The largest absolute Gasteiger partial charge is 0.371 e. The first-order chi connectivity index (χ1) is 14.5. The lowest BCUT2D eigenvalue weighted by Crippen LogP contribution is -2.44. The molecule has 1 aliphatic heterocycles. The number of rotatable bonds is 4. The number of halogens is 1. The van der Waals surface area contributed by atoms with Gasteiger partial charge >= 0.3 is 6.03 Å². The van der Waals surface area contributed by atoms with Crippen LogP contribution in [-0.2, 0) is 0 Å². The number of aromatic nitrogens is 1. The zero-order valence-corrected chi connectivity index (χ0v) is 19.1.